The van der Waals surface area contributed by atoms with Crippen molar-refractivity contribution in [2.75, 3.05) is 6.54 Å². The largest absolute Gasteiger partial charge is 0.489 e. The van der Waals surface area contributed by atoms with E-state index in [1.807, 2.05) is 66.7 Å². The maximum absolute atomic E-state index is 12.1. The molecule has 31 heavy (non-hydrogen) atoms. The molecule has 1 aliphatic heterocycles. The van der Waals surface area contributed by atoms with Crippen LogP contribution in [0, 0.1) is 0 Å². The van der Waals surface area contributed by atoms with Gasteiger partial charge in [-0.25, -0.2) is 0 Å². The molecular weight excluding hydrogens is 454 g/mol. The molecule has 3 aromatic carbocycles. The van der Waals surface area contributed by atoms with Gasteiger partial charge < -0.3 is 9.84 Å². The van der Waals surface area contributed by atoms with Crippen molar-refractivity contribution in [3.63, 3.8) is 0 Å². The fourth-order valence-electron chi connectivity index (χ4n) is 4.32. The first-order valence-electron chi connectivity index (χ1n) is 10.6. The summed E-state index contributed by atoms with van der Waals surface area (Å²) in [6.45, 7) is 1.19. The van der Waals surface area contributed by atoms with E-state index in [2.05, 4.69) is 33.0 Å². The molecule has 160 valence electrons. The number of rotatable bonds is 7. The molecule has 1 fully saturated rings. The number of piperidine rings is 1. The van der Waals surface area contributed by atoms with Crippen molar-refractivity contribution in [2.45, 2.75) is 38.0 Å². The highest BCUT2D eigenvalue weighted by atomic mass is 79.9. The lowest BCUT2D eigenvalue weighted by Crippen LogP contribution is -2.47. The number of hydrogen-bond donors (Lipinski definition) is 1. The predicted octanol–water partition coefficient (Wildman–Crippen LogP) is 6.06. The molecule has 2 atom stereocenters. The third kappa shape index (κ3) is 5.00. The summed E-state index contributed by atoms with van der Waals surface area (Å²) < 4.78 is 7.23. The van der Waals surface area contributed by atoms with Gasteiger partial charge in [0.15, 0.2) is 0 Å². The minimum atomic E-state index is -0.764. The zero-order valence-electron chi connectivity index (χ0n) is 17.3. The second kappa shape index (κ2) is 10.1. The van der Waals surface area contributed by atoms with Crippen LogP contribution in [0.4, 0.5) is 0 Å². The Morgan fingerprint density at radius 3 is 2.39 bits per heavy atom. The predicted molar refractivity (Wildman–Crippen MR) is 125 cm³/mol. The minimum absolute atomic E-state index is 0.219. The molecule has 1 heterocycles. The molecule has 4 rings (SSSR count). The summed E-state index contributed by atoms with van der Waals surface area (Å²) in [5.74, 6) is 0.0151. The molecule has 0 radical (unpaired) electrons. The van der Waals surface area contributed by atoms with Crippen molar-refractivity contribution in [1.29, 1.82) is 0 Å². The van der Waals surface area contributed by atoms with Crippen molar-refractivity contribution in [3.05, 3.63) is 100 Å². The van der Waals surface area contributed by atoms with Crippen LogP contribution in [0.25, 0.3) is 0 Å². The molecule has 2 unspecified atom stereocenters. The number of nitrogens with zero attached hydrogens (tertiary/aromatic N) is 1. The van der Waals surface area contributed by atoms with Crippen LogP contribution in [0.2, 0.25) is 0 Å². The van der Waals surface area contributed by atoms with E-state index >= 15 is 0 Å². The van der Waals surface area contributed by atoms with Crippen LogP contribution in [-0.4, -0.2) is 28.6 Å². The highest BCUT2D eigenvalue weighted by Crippen LogP contribution is 2.41. The monoisotopic (exact) mass is 479 g/mol. The van der Waals surface area contributed by atoms with Gasteiger partial charge >= 0.3 is 5.97 Å². The van der Waals surface area contributed by atoms with Gasteiger partial charge in [-0.2, -0.15) is 0 Å². The van der Waals surface area contributed by atoms with Crippen LogP contribution >= 0.6 is 15.9 Å². The van der Waals surface area contributed by atoms with Gasteiger partial charge in [-0.3, -0.25) is 9.69 Å². The second-order valence-electron chi connectivity index (χ2n) is 7.82. The van der Waals surface area contributed by atoms with Crippen molar-refractivity contribution >= 4 is 21.9 Å². The Morgan fingerprint density at radius 1 is 0.968 bits per heavy atom. The molecule has 0 saturated carbocycles. The number of para-hydroxylation sites is 1. The molecule has 0 aliphatic carbocycles. The van der Waals surface area contributed by atoms with Crippen molar-refractivity contribution in [2.24, 2.45) is 0 Å². The van der Waals surface area contributed by atoms with Crippen molar-refractivity contribution in [3.8, 4) is 5.75 Å². The Labute approximate surface area is 191 Å². The Balaban J connectivity index is 1.75. The Bertz CT molecular complexity index is 1020. The number of carboxylic acid groups (broad SMARTS) is 1. The molecule has 1 saturated heterocycles. The summed E-state index contributed by atoms with van der Waals surface area (Å²) in [5.41, 5.74) is 3.13. The first-order valence-corrected chi connectivity index (χ1v) is 11.4. The van der Waals surface area contributed by atoms with Crippen LogP contribution in [-0.2, 0) is 11.4 Å². The number of aliphatic carboxylic acids is 1. The number of likely N-dealkylation sites (tertiary alicyclic amines) is 1. The van der Waals surface area contributed by atoms with Crippen LogP contribution in [0.1, 0.15) is 42.0 Å². The van der Waals surface area contributed by atoms with E-state index in [-0.39, 0.29) is 6.04 Å². The van der Waals surface area contributed by atoms with Gasteiger partial charge in [0.05, 0.1) is 6.04 Å². The van der Waals surface area contributed by atoms with E-state index in [1.54, 1.807) is 0 Å². The summed E-state index contributed by atoms with van der Waals surface area (Å²) in [4.78, 5) is 14.2. The van der Waals surface area contributed by atoms with Crippen LogP contribution in [0.15, 0.2) is 83.3 Å². The van der Waals surface area contributed by atoms with Gasteiger partial charge in [-0.05, 0) is 42.6 Å². The lowest BCUT2D eigenvalue weighted by atomic mass is 9.91. The Morgan fingerprint density at radius 2 is 1.65 bits per heavy atom. The molecular formula is C26H26BrNO3. The number of carboxylic acids is 1. The number of benzene rings is 3. The number of hydrogen-bond acceptors (Lipinski definition) is 3. The van der Waals surface area contributed by atoms with Crippen LogP contribution < -0.4 is 4.74 Å². The molecule has 0 amide bonds. The van der Waals surface area contributed by atoms with E-state index in [9.17, 15) is 9.90 Å². The van der Waals surface area contributed by atoms with Gasteiger partial charge in [-0.15, -0.1) is 0 Å². The van der Waals surface area contributed by atoms with Gasteiger partial charge in [0.25, 0.3) is 0 Å². The summed E-state index contributed by atoms with van der Waals surface area (Å²) in [6.07, 6.45) is 2.57. The maximum atomic E-state index is 12.1. The molecule has 5 heteroatoms. The summed E-state index contributed by atoms with van der Waals surface area (Å²) in [7, 11) is 0. The third-order valence-electron chi connectivity index (χ3n) is 5.81. The number of ether oxygens (including phenoxy) is 1. The van der Waals surface area contributed by atoms with Crippen molar-refractivity contribution < 1.29 is 14.6 Å². The number of carbonyl (C=O) groups is 1. The third-order valence-corrected chi connectivity index (χ3v) is 6.53. The molecule has 0 bridgehead atoms. The summed E-state index contributed by atoms with van der Waals surface area (Å²) >= 11 is 3.70. The fourth-order valence-corrected chi connectivity index (χ4v) is 4.82. The first kappa shape index (κ1) is 21.6. The highest BCUT2D eigenvalue weighted by Gasteiger charge is 2.36. The fraction of sp³-hybridized carbons (Fsp3) is 0.269. The van der Waals surface area contributed by atoms with E-state index < -0.39 is 12.0 Å². The van der Waals surface area contributed by atoms with Gasteiger partial charge in [0.1, 0.15) is 18.4 Å². The quantitative estimate of drug-likeness (QED) is 0.447. The highest BCUT2D eigenvalue weighted by molar-refractivity contribution is 9.10. The summed E-state index contributed by atoms with van der Waals surface area (Å²) in [5, 5.41) is 9.96. The lowest BCUT2D eigenvalue weighted by molar-refractivity contribution is -0.145. The molecule has 4 nitrogen and oxygen atoms in total. The van der Waals surface area contributed by atoms with Crippen molar-refractivity contribution in [1.82, 2.24) is 4.90 Å². The first-order chi connectivity index (χ1) is 15.1. The molecule has 3 aromatic rings. The Kier molecular flexibility index (Phi) is 7.05. The van der Waals surface area contributed by atoms with Crippen LogP contribution in [0.5, 0.6) is 5.75 Å². The Hall–Kier alpha value is -2.63. The maximum Gasteiger partial charge on any atom is 0.320 e. The minimum Gasteiger partial charge on any atom is -0.489 e. The normalized spacial score (nSPS) is 17.8. The average molecular weight is 480 g/mol. The molecule has 1 N–H and O–H groups in total. The smallest absolute Gasteiger partial charge is 0.320 e. The molecule has 1 aliphatic rings. The summed E-state index contributed by atoms with van der Waals surface area (Å²) in [6, 6.07) is 25.4. The van der Waals surface area contributed by atoms with Crippen LogP contribution in [0.3, 0.4) is 0 Å². The van der Waals surface area contributed by atoms with Gasteiger partial charge in [-0.1, -0.05) is 89.1 Å². The number of halogens is 1. The zero-order chi connectivity index (χ0) is 21.6. The van der Waals surface area contributed by atoms with E-state index in [1.165, 1.54) is 0 Å². The molecule has 0 spiro atoms. The standard InChI is InChI=1S/C26H26BrNO3/c27-22-14-6-4-12-20(22)25(28-17-9-8-15-23(28)26(29)30)21-13-5-7-16-24(21)31-18-19-10-2-1-3-11-19/h1-7,10-14,16,23,25H,8-9,15,17-18H2,(H,29,30). The SMILES string of the molecule is O=C(O)C1CCCCN1C(c1ccccc1Br)c1ccccc1OCc1ccccc1. The zero-order valence-corrected chi connectivity index (χ0v) is 18.9. The topological polar surface area (TPSA) is 49.8 Å². The average Bonchev–Trinajstić information content (AvgIpc) is 2.81. The molecule has 0 aromatic heterocycles. The van der Waals surface area contributed by atoms with Gasteiger partial charge in [0, 0.05) is 10.0 Å². The van der Waals surface area contributed by atoms with Gasteiger partial charge in [0.2, 0.25) is 0 Å². The lowest BCUT2D eigenvalue weighted by Gasteiger charge is -2.40. The second-order valence-corrected chi connectivity index (χ2v) is 8.68. The van der Waals surface area contributed by atoms with E-state index in [0.29, 0.717) is 13.0 Å². The van der Waals surface area contributed by atoms with E-state index in [0.717, 1.165) is 46.3 Å². The van der Waals surface area contributed by atoms with E-state index in [4.69, 9.17) is 4.74 Å².